The SMILES string of the molecule is COc1ccc(NC(=O)C=C(C)C)cc1Cc1ncc(Cl)c(Cc2ccccc2C(=O)C(=O)N(C)C)n1. The summed E-state index contributed by atoms with van der Waals surface area (Å²) >= 11 is 6.41. The molecule has 1 N–H and O–H groups in total. The fraction of sp³-hybridized carbons (Fsp3) is 0.250. The molecule has 1 aromatic heterocycles. The number of likely N-dealkylation sites (N-methyl/N-ethyl adjacent to an activating group) is 1. The van der Waals surface area contributed by atoms with Gasteiger partial charge in [0.05, 0.1) is 17.8 Å². The lowest BCUT2D eigenvalue weighted by molar-refractivity contribution is -0.124. The summed E-state index contributed by atoms with van der Waals surface area (Å²) in [6, 6.07) is 12.2. The number of rotatable bonds is 9. The summed E-state index contributed by atoms with van der Waals surface area (Å²) in [4.78, 5) is 47.4. The molecule has 192 valence electrons. The zero-order chi connectivity index (χ0) is 27.1. The normalized spacial score (nSPS) is 10.4. The summed E-state index contributed by atoms with van der Waals surface area (Å²) in [5.41, 5.74) is 3.75. The number of aromatic nitrogens is 2. The van der Waals surface area contributed by atoms with E-state index in [1.165, 1.54) is 31.3 Å². The largest absolute Gasteiger partial charge is 0.496 e. The maximum Gasteiger partial charge on any atom is 0.294 e. The third kappa shape index (κ3) is 7.24. The van der Waals surface area contributed by atoms with Crippen LogP contribution in [0.2, 0.25) is 5.02 Å². The van der Waals surface area contributed by atoms with Gasteiger partial charge in [0.2, 0.25) is 5.91 Å². The predicted molar refractivity (Wildman–Crippen MR) is 143 cm³/mol. The number of Topliss-reactive ketones (excluding diaryl/α,β-unsaturated/α-hetero) is 1. The summed E-state index contributed by atoms with van der Waals surface area (Å²) in [5.74, 6) is -0.312. The Morgan fingerprint density at radius 2 is 1.78 bits per heavy atom. The van der Waals surface area contributed by atoms with Gasteiger partial charge in [-0.15, -0.1) is 0 Å². The number of halogens is 1. The molecular weight excluding hydrogens is 492 g/mol. The number of nitrogens with zero attached hydrogens (tertiary/aromatic N) is 3. The first-order chi connectivity index (χ1) is 17.6. The Labute approximate surface area is 221 Å². The van der Waals surface area contributed by atoms with Crippen LogP contribution in [0.25, 0.3) is 0 Å². The fourth-order valence-corrected chi connectivity index (χ4v) is 3.81. The molecule has 0 bridgehead atoms. The van der Waals surface area contributed by atoms with Gasteiger partial charge in [-0.05, 0) is 37.6 Å². The number of anilines is 1. The van der Waals surface area contributed by atoms with E-state index in [4.69, 9.17) is 16.3 Å². The highest BCUT2D eigenvalue weighted by Crippen LogP contribution is 2.26. The van der Waals surface area contributed by atoms with Crippen LogP contribution in [-0.4, -0.2) is 53.7 Å². The molecule has 2 aromatic carbocycles. The number of benzene rings is 2. The van der Waals surface area contributed by atoms with Crippen molar-refractivity contribution in [3.63, 3.8) is 0 Å². The van der Waals surface area contributed by atoms with E-state index in [0.717, 1.165) is 11.1 Å². The van der Waals surface area contributed by atoms with Gasteiger partial charge < -0.3 is 15.0 Å². The second-order valence-electron chi connectivity index (χ2n) is 8.86. The van der Waals surface area contributed by atoms with Crippen molar-refractivity contribution in [2.75, 3.05) is 26.5 Å². The van der Waals surface area contributed by atoms with Crippen LogP contribution in [0, 0.1) is 0 Å². The van der Waals surface area contributed by atoms with Crippen molar-refractivity contribution in [1.29, 1.82) is 0 Å². The number of carbonyl (C=O) groups is 3. The molecule has 0 unspecified atom stereocenters. The van der Waals surface area contributed by atoms with Crippen LogP contribution in [0.5, 0.6) is 5.75 Å². The number of hydrogen-bond acceptors (Lipinski definition) is 6. The fourth-order valence-electron chi connectivity index (χ4n) is 3.65. The van der Waals surface area contributed by atoms with Crippen LogP contribution >= 0.6 is 11.6 Å². The van der Waals surface area contributed by atoms with Crippen LogP contribution < -0.4 is 10.1 Å². The van der Waals surface area contributed by atoms with Crippen molar-refractivity contribution in [3.05, 3.63) is 93.5 Å². The minimum Gasteiger partial charge on any atom is -0.496 e. The first kappa shape index (κ1) is 27.5. The molecule has 0 radical (unpaired) electrons. The molecule has 0 saturated heterocycles. The number of carbonyl (C=O) groups excluding carboxylic acids is 3. The maximum absolute atomic E-state index is 12.7. The van der Waals surface area contributed by atoms with Crippen LogP contribution in [0.15, 0.2) is 60.3 Å². The molecule has 2 amide bonds. The highest BCUT2D eigenvalue weighted by molar-refractivity contribution is 6.43. The van der Waals surface area contributed by atoms with Crippen molar-refractivity contribution < 1.29 is 19.1 Å². The molecule has 0 atom stereocenters. The minimum absolute atomic E-state index is 0.220. The molecule has 3 rings (SSSR count). The first-order valence-electron chi connectivity index (χ1n) is 11.6. The van der Waals surface area contributed by atoms with Crippen LogP contribution in [0.3, 0.4) is 0 Å². The molecule has 0 spiro atoms. The molecule has 0 fully saturated rings. The van der Waals surface area contributed by atoms with Gasteiger partial charge in [0.25, 0.3) is 11.7 Å². The number of nitrogens with one attached hydrogen (secondary N) is 1. The van der Waals surface area contributed by atoms with Gasteiger partial charge >= 0.3 is 0 Å². The monoisotopic (exact) mass is 520 g/mol. The summed E-state index contributed by atoms with van der Waals surface area (Å²) in [6.45, 7) is 3.70. The molecular formula is C28H29ClN4O4. The van der Waals surface area contributed by atoms with E-state index in [9.17, 15) is 14.4 Å². The van der Waals surface area contributed by atoms with Crippen molar-refractivity contribution in [2.24, 2.45) is 0 Å². The van der Waals surface area contributed by atoms with E-state index < -0.39 is 11.7 Å². The Kier molecular flexibility index (Phi) is 9.14. The van der Waals surface area contributed by atoms with Gasteiger partial charge in [-0.3, -0.25) is 14.4 Å². The zero-order valence-electron chi connectivity index (χ0n) is 21.5. The van der Waals surface area contributed by atoms with E-state index in [0.29, 0.717) is 45.5 Å². The van der Waals surface area contributed by atoms with E-state index in [1.807, 2.05) is 19.9 Å². The zero-order valence-corrected chi connectivity index (χ0v) is 22.2. The maximum atomic E-state index is 12.7. The molecule has 0 aliphatic rings. The van der Waals surface area contributed by atoms with Gasteiger partial charge in [0, 0.05) is 56.0 Å². The Hall–Kier alpha value is -4.04. The van der Waals surface area contributed by atoms with Crippen LogP contribution in [-0.2, 0) is 22.4 Å². The summed E-state index contributed by atoms with van der Waals surface area (Å²) in [7, 11) is 4.64. The Bertz CT molecular complexity index is 1360. The van der Waals surface area contributed by atoms with E-state index in [-0.39, 0.29) is 12.3 Å². The quantitative estimate of drug-likeness (QED) is 0.253. The van der Waals surface area contributed by atoms with Crippen LogP contribution in [0.4, 0.5) is 5.69 Å². The third-order valence-electron chi connectivity index (χ3n) is 5.40. The van der Waals surface area contributed by atoms with Gasteiger partial charge in [-0.25, -0.2) is 9.97 Å². The highest BCUT2D eigenvalue weighted by Gasteiger charge is 2.22. The number of methoxy groups -OCH3 is 1. The highest BCUT2D eigenvalue weighted by atomic mass is 35.5. The van der Waals surface area contributed by atoms with Gasteiger partial charge in [-0.1, -0.05) is 41.4 Å². The topological polar surface area (TPSA) is 101 Å². The third-order valence-corrected chi connectivity index (χ3v) is 5.72. The van der Waals surface area contributed by atoms with Crippen molar-refractivity contribution in [1.82, 2.24) is 14.9 Å². The average Bonchev–Trinajstić information content (AvgIpc) is 2.85. The van der Waals surface area contributed by atoms with Gasteiger partial charge in [0.15, 0.2) is 0 Å². The smallest absolute Gasteiger partial charge is 0.294 e. The van der Waals surface area contributed by atoms with Gasteiger partial charge in [0.1, 0.15) is 11.6 Å². The molecule has 8 nitrogen and oxygen atoms in total. The molecule has 1 heterocycles. The average molecular weight is 521 g/mol. The standard InChI is InChI=1S/C28H29ClN4O4/c1-17(2)12-26(34)31-20-10-11-24(37-5)19(13-20)15-25-30-16-22(29)23(32-25)14-18-8-6-7-9-21(18)27(35)28(36)33(3)4/h6-13,16H,14-15H2,1-5H3,(H,31,34). The molecule has 3 aromatic rings. The number of ether oxygens (including phenoxy) is 1. The number of hydrogen-bond donors (Lipinski definition) is 1. The number of ketones is 1. The lowest BCUT2D eigenvalue weighted by Gasteiger charge is -2.13. The Balaban J connectivity index is 1.89. The summed E-state index contributed by atoms with van der Waals surface area (Å²) in [5, 5.41) is 3.19. The summed E-state index contributed by atoms with van der Waals surface area (Å²) < 4.78 is 5.50. The molecule has 0 aliphatic carbocycles. The van der Waals surface area contributed by atoms with Crippen molar-refractivity contribution >= 4 is 34.9 Å². The first-order valence-corrected chi connectivity index (χ1v) is 11.9. The predicted octanol–water partition coefficient (Wildman–Crippen LogP) is 4.50. The Morgan fingerprint density at radius 1 is 1.05 bits per heavy atom. The second-order valence-corrected chi connectivity index (χ2v) is 9.27. The summed E-state index contributed by atoms with van der Waals surface area (Å²) in [6.07, 6.45) is 3.60. The van der Waals surface area contributed by atoms with Gasteiger partial charge in [-0.2, -0.15) is 0 Å². The number of allylic oxidation sites excluding steroid dienone is 1. The second kappa shape index (κ2) is 12.3. The van der Waals surface area contributed by atoms with Crippen molar-refractivity contribution in [2.45, 2.75) is 26.7 Å². The molecule has 0 saturated carbocycles. The lowest BCUT2D eigenvalue weighted by Crippen LogP contribution is -2.30. The Morgan fingerprint density at radius 3 is 2.46 bits per heavy atom. The molecule has 9 heteroatoms. The minimum atomic E-state index is -0.606. The van der Waals surface area contributed by atoms with Crippen LogP contribution in [0.1, 0.15) is 46.9 Å². The number of amides is 2. The van der Waals surface area contributed by atoms with E-state index in [1.54, 1.807) is 43.5 Å². The molecule has 0 aliphatic heterocycles. The van der Waals surface area contributed by atoms with Crippen molar-refractivity contribution in [3.8, 4) is 5.75 Å². The molecule has 37 heavy (non-hydrogen) atoms. The van der Waals surface area contributed by atoms with E-state index in [2.05, 4.69) is 15.3 Å². The van der Waals surface area contributed by atoms with E-state index >= 15 is 0 Å². The lowest BCUT2D eigenvalue weighted by atomic mass is 9.99.